The Bertz CT molecular complexity index is 432. The van der Waals surface area contributed by atoms with Crippen LogP contribution in [0.1, 0.15) is 46.2 Å². The zero-order valence-electron chi connectivity index (χ0n) is 13.5. The minimum Gasteiger partial charge on any atom is -0.395 e. The molecule has 21 heavy (non-hydrogen) atoms. The van der Waals surface area contributed by atoms with E-state index in [0.29, 0.717) is 19.1 Å². The summed E-state index contributed by atoms with van der Waals surface area (Å²) >= 11 is 1.50. The van der Waals surface area contributed by atoms with Gasteiger partial charge in [0, 0.05) is 38.0 Å². The second-order valence-corrected chi connectivity index (χ2v) is 5.89. The molecule has 1 heterocycles. The lowest BCUT2D eigenvalue weighted by atomic mass is 10.1. The van der Waals surface area contributed by atoms with Crippen molar-refractivity contribution in [2.45, 2.75) is 53.1 Å². The van der Waals surface area contributed by atoms with Gasteiger partial charge in [-0.25, -0.2) is 4.98 Å². The quantitative estimate of drug-likeness (QED) is 0.761. The molecule has 1 aromatic heterocycles. The minimum absolute atomic E-state index is 0.0191. The van der Waals surface area contributed by atoms with Crippen LogP contribution in [-0.2, 0) is 11.3 Å². The standard InChI is InChI=1S/C15H27N3O2S/c1-5-14(6-2)17(8-9-19)10-13-11-21-15(16-13)18(7-3)12(4)20/h11,14,19H,5-10H2,1-4H3. The molecule has 5 nitrogen and oxygen atoms in total. The second kappa shape index (κ2) is 9.12. The molecular formula is C15H27N3O2S. The van der Waals surface area contributed by atoms with Crippen molar-refractivity contribution in [3.05, 3.63) is 11.1 Å². The van der Waals surface area contributed by atoms with Gasteiger partial charge in [0.05, 0.1) is 12.3 Å². The lowest BCUT2D eigenvalue weighted by Gasteiger charge is -2.29. The van der Waals surface area contributed by atoms with Crippen LogP contribution in [0.2, 0.25) is 0 Å². The summed E-state index contributed by atoms with van der Waals surface area (Å²) in [5.41, 5.74) is 0.968. The first kappa shape index (κ1) is 18.1. The lowest BCUT2D eigenvalue weighted by Crippen LogP contribution is -2.36. The smallest absolute Gasteiger partial charge is 0.225 e. The molecule has 0 bridgehead atoms. The molecule has 0 atom stereocenters. The van der Waals surface area contributed by atoms with Crippen LogP contribution in [0, 0.1) is 0 Å². The highest BCUT2D eigenvalue weighted by Gasteiger charge is 2.18. The molecule has 0 unspecified atom stereocenters. The number of aliphatic hydroxyl groups is 1. The summed E-state index contributed by atoms with van der Waals surface area (Å²) in [7, 11) is 0. The first-order chi connectivity index (χ1) is 10.1. The lowest BCUT2D eigenvalue weighted by molar-refractivity contribution is -0.116. The largest absolute Gasteiger partial charge is 0.395 e. The van der Waals surface area contributed by atoms with E-state index in [1.807, 2.05) is 12.3 Å². The highest BCUT2D eigenvalue weighted by Crippen LogP contribution is 2.22. The number of carbonyl (C=O) groups excluding carboxylic acids is 1. The average molecular weight is 313 g/mol. The van der Waals surface area contributed by atoms with Crippen LogP contribution in [0.3, 0.4) is 0 Å². The molecule has 0 saturated heterocycles. The maximum atomic E-state index is 11.6. The van der Waals surface area contributed by atoms with Crippen LogP contribution >= 0.6 is 11.3 Å². The normalized spacial score (nSPS) is 11.4. The molecule has 0 spiro atoms. The van der Waals surface area contributed by atoms with E-state index in [2.05, 4.69) is 23.7 Å². The third-order valence-corrected chi connectivity index (χ3v) is 4.59. The monoisotopic (exact) mass is 313 g/mol. The second-order valence-electron chi connectivity index (χ2n) is 5.05. The van der Waals surface area contributed by atoms with Crippen LogP contribution in [0.25, 0.3) is 0 Å². The van der Waals surface area contributed by atoms with Gasteiger partial charge in [-0.15, -0.1) is 11.3 Å². The van der Waals surface area contributed by atoms with Crippen LogP contribution < -0.4 is 4.90 Å². The van der Waals surface area contributed by atoms with Gasteiger partial charge in [0.2, 0.25) is 5.91 Å². The van der Waals surface area contributed by atoms with E-state index in [9.17, 15) is 9.90 Å². The van der Waals surface area contributed by atoms with Gasteiger partial charge in [0.15, 0.2) is 5.13 Å². The van der Waals surface area contributed by atoms with Crippen LogP contribution in [0.15, 0.2) is 5.38 Å². The Morgan fingerprint density at radius 1 is 1.38 bits per heavy atom. The molecule has 0 aliphatic rings. The number of aliphatic hydroxyl groups excluding tert-OH is 1. The number of hydrogen-bond acceptors (Lipinski definition) is 5. The van der Waals surface area contributed by atoms with Crippen LogP contribution in [0.5, 0.6) is 0 Å². The number of anilines is 1. The summed E-state index contributed by atoms with van der Waals surface area (Å²) in [6.45, 7) is 10.0. The summed E-state index contributed by atoms with van der Waals surface area (Å²) in [6.07, 6.45) is 2.12. The first-order valence-corrected chi connectivity index (χ1v) is 8.52. The van der Waals surface area contributed by atoms with Crippen molar-refractivity contribution in [2.75, 3.05) is 24.6 Å². The molecule has 0 radical (unpaired) electrons. The van der Waals surface area contributed by atoms with Gasteiger partial charge < -0.3 is 5.11 Å². The summed E-state index contributed by atoms with van der Waals surface area (Å²) in [5.74, 6) is 0.0191. The Kier molecular flexibility index (Phi) is 7.85. The van der Waals surface area contributed by atoms with E-state index in [-0.39, 0.29) is 12.5 Å². The Morgan fingerprint density at radius 2 is 2.05 bits per heavy atom. The third kappa shape index (κ3) is 5.05. The average Bonchev–Trinajstić information content (AvgIpc) is 2.89. The maximum Gasteiger partial charge on any atom is 0.225 e. The van der Waals surface area contributed by atoms with Crippen LogP contribution in [0.4, 0.5) is 5.13 Å². The fraction of sp³-hybridized carbons (Fsp3) is 0.733. The van der Waals surface area contributed by atoms with E-state index in [1.54, 1.807) is 11.8 Å². The van der Waals surface area contributed by atoms with Crippen molar-refractivity contribution in [3.63, 3.8) is 0 Å². The molecule has 0 fully saturated rings. The van der Waals surface area contributed by atoms with Gasteiger partial charge in [0.1, 0.15) is 0 Å². The summed E-state index contributed by atoms with van der Waals surface area (Å²) in [4.78, 5) is 20.1. The van der Waals surface area contributed by atoms with Crippen molar-refractivity contribution < 1.29 is 9.90 Å². The van der Waals surface area contributed by atoms with Crippen molar-refractivity contribution in [1.82, 2.24) is 9.88 Å². The molecule has 0 aliphatic heterocycles. The molecule has 0 aliphatic carbocycles. The van der Waals surface area contributed by atoms with Crippen molar-refractivity contribution in [1.29, 1.82) is 0 Å². The van der Waals surface area contributed by atoms with E-state index < -0.39 is 0 Å². The summed E-state index contributed by atoms with van der Waals surface area (Å²) < 4.78 is 0. The van der Waals surface area contributed by atoms with Gasteiger partial charge in [-0.05, 0) is 19.8 Å². The summed E-state index contributed by atoms with van der Waals surface area (Å²) in [5, 5.41) is 12.0. The Morgan fingerprint density at radius 3 is 2.52 bits per heavy atom. The molecule has 0 aromatic carbocycles. The Hall–Kier alpha value is -0.980. The molecule has 120 valence electrons. The van der Waals surface area contributed by atoms with Gasteiger partial charge in [0.25, 0.3) is 0 Å². The number of hydrogen-bond donors (Lipinski definition) is 1. The fourth-order valence-corrected chi connectivity index (χ4v) is 3.44. The number of thiazole rings is 1. The Labute approximate surface area is 131 Å². The zero-order chi connectivity index (χ0) is 15.8. The highest BCUT2D eigenvalue weighted by molar-refractivity contribution is 7.14. The van der Waals surface area contributed by atoms with Gasteiger partial charge >= 0.3 is 0 Å². The van der Waals surface area contributed by atoms with E-state index >= 15 is 0 Å². The topological polar surface area (TPSA) is 56.7 Å². The molecule has 1 amide bonds. The predicted octanol–water partition coefficient (Wildman–Crippen LogP) is 2.50. The highest BCUT2D eigenvalue weighted by atomic mass is 32.1. The molecular weight excluding hydrogens is 286 g/mol. The minimum atomic E-state index is 0.0191. The van der Waals surface area contributed by atoms with E-state index in [0.717, 1.165) is 30.2 Å². The predicted molar refractivity (Wildman–Crippen MR) is 87.7 cm³/mol. The van der Waals surface area contributed by atoms with E-state index in [4.69, 9.17) is 0 Å². The van der Waals surface area contributed by atoms with Crippen LogP contribution in [-0.4, -0.2) is 46.6 Å². The Balaban J connectivity index is 2.81. The van der Waals surface area contributed by atoms with Crippen molar-refractivity contribution in [3.8, 4) is 0 Å². The summed E-state index contributed by atoms with van der Waals surface area (Å²) in [6, 6.07) is 0.456. The maximum absolute atomic E-state index is 11.6. The third-order valence-electron chi connectivity index (χ3n) is 3.68. The van der Waals surface area contributed by atoms with Crippen molar-refractivity contribution in [2.24, 2.45) is 0 Å². The SMILES string of the molecule is CCC(CC)N(CCO)Cc1csc(N(CC)C(C)=O)n1. The fourth-order valence-electron chi connectivity index (χ4n) is 2.52. The molecule has 1 aromatic rings. The van der Waals surface area contributed by atoms with E-state index in [1.165, 1.54) is 11.3 Å². The zero-order valence-corrected chi connectivity index (χ0v) is 14.3. The number of carbonyl (C=O) groups is 1. The number of nitrogens with zero attached hydrogens (tertiary/aromatic N) is 3. The molecule has 0 saturated carbocycles. The van der Waals surface area contributed by atoms with Gasteiger partial charge in [-0.3, -0.25) is 14.6 Å². The van der Waals surface area contributed by atoms with Gasteiger partial charge in [-0.2, -0.15) is 0 Å². The molecule has 1 N–H and O–H groups in total. The first-order valence-electron chi connectivity index (χ1n) is 7.64. The number of aromatic nitrogens is 1. The number of rotatable bonds is 9. The molecule has 1 rings (SSSR count). The number of amides is 1. The molecule has 6 heteroatoms. The van der Waals surface area contributed by atoms with Crippen molar-refractivity contribution >= 4 is 22.4 Å². The van der Waals surface area contributed by atoms with Gasteiger partial charge in [-0.1, -0.05) is 13.8 Å².